The Labute approximate surface area is 165 Å². The summed E-state index contributed by atoms with van der Waals surface area (Å²) in [5, 5.41) is 2.39. The van der Waals surface area contributed by atoms with E-state index in [-0.39, 0.29) is 6.04 Å². The fourth-order valence-corrected chi connectivity index (χ4v) is 4.57. The maximum absolute atomic E-state index is 11.5. The van der Waals surface area contributed by atoms with Crippen LogP contribution >= 0.6 is 0 Å². The van der Waals surface area contributed by atoms with Crippen LogP contribution in [0, 0.1) is 0 Å². The first kappa shape index (κ1) is 18.8. The number of nitrogens with one attached hydrogen (secondary N) is 1. The largest absolute Gasteiger partial charge is 0.341 e. The molecule has 1 aromatic heterocycles. The molecule has 4 rings (SSSR count). The van der Waals surface area contributed by atoms with Crippen LogP contribution in [0.25, 0.3) is 22.0 Å². The van der Waals surface area contributed by atoms with Crippen LogP contribution in [0.2, 0.25) is 0 Å². The van der Waals surface area contributed by atoms with Crippen LogP contribution in [-0.2, 0) is 10.0 Å². The number of rotatable bonds is 4. The predicted octanol–water partition coefficient (Wildman–Crippen LogP) is 3.20. The number of anilines is 1. The van der Waals surface area contributed by atoms with Crippen molar-refractivity contribution in [2.24, 2.45) is 0 Å². The highest BCUT2D eigenvalue weighted by Crippen LogP contribution is 2.25. The van der Waals surface area contributed by atoms with Crippen molar-refractivity contribution >= 4 is 26.7 Å². The Bertz CT molecular complexity index is 1080. The molecule has 0 radical (unpaired) electrons. The van der Waals surface area contributed by atoms with Gasteiger partial charge in [-0.2, -0.15) is 0 Å². The van der Waals surface area contributed by atoms with E-state index in [1.165, 1.54) is 17.0 Å². The number of fused-ring (bicyclic) bond motifs is 1. The highest BCUT2D eigenvalue weighted by Gasteiger charge is 2.21. The maximum Gasteiger partial charge on any atom is 0.225 e. The standard InChI is InChI=1S/C21H24N4O2S/c1-28(26,27)24-19-7-4-13-25(14-11-19)21-22-12-10-20(23-21)18-9-8-16-5-2-3-6-17(16)15-18/h2-3,5-6,8-10,12,15,19,24H,4,7,11,13-14H2,1H3. The summed E-state index contributed by atoms with van der Waals surface area (Å²) in [5.41, 5.74) is 1.96. The van der Waals surface area contributed by atoms with Crippen molar-refractivity contribution in [3.8, 4) is 11.3 Å². The van der Waals surface area contributed by atoms with E-state index in [2.05, 4.69) is 44.9 Å². The van der Waals surface area contributed by atoms with Crippen molar-refractivity contribution < 1.29 is 8.42 Å². The van der Waals surface area contributed by atoms with E-state index >= 15 is 0 Å². The highest BCUT2D eigenvalue weighted by molar-refractivity contribution is 7.88. The molecule has 3 aromatic rings. The molecular weight excluding hydrogens is 372 g/mol. The first-order valence-electron chi connectivity index (χ1n) is 9.52. The van der Waals surface area contributed by atoms with Gasteiger partial charge in [-0.25, -0.2) is 23.1 Å². The normalized spacial score (nSPS) is 18.2. The molecule has 1 unspecified atom stereocenters. The Morgan fingerprint density at radius 2 is 1.86 bits per heavy atom. The number of hydrogen-bond acceptors (Lipinski definition) is 5. The molecule has 146 valence electrons. The number of nitrogens with zero attached hydrogens (tertiary/aromatic N) is 3. The van der Waals surface area contributed by atoms with Crippen LogP contribution < -0.4 is 9.62 Å². The average Bonchev–Trinajstić information content (AvgIpc) is 2.92. The van der Waals surface area contributed by atoms with Crippen LogP contribution in [-0.4, -0.2) is 43.8 Å². The Kier molecular flexibility index (Phi) is 5.28. The Morgan fingerprint density at radius 3 is 2.68 bits per heavy atom. The number of sulfonamides is 1. The Balaban J connectivity index is 1.54. The van der Waals surface area contributed by atoms with Crippen molar-refractivity contribution in [1.29, 1.82) is 0 Å². The zero-order valence-electron chi connectivity index (χ0n) is 15.9. The molecule has 6 nitrogen and oxygen atoms in total. The zero-order chi connectivity index (χ0) is 19.6. The summed E-state index contributed by atoms with van der Waals surface area (Å²) in [7, 11) is -3.18. The molecule has 1 N–H and O–H groups in total. The third-order valence-corrected chi connectivity index (χ3v) is 5.84. The third-order valence-electron chi connectivity index (χ3n) is 5.08. The van der Waals surface area contributed by atoms with Crippen molar-refractivity contribution in [2.45, 2.75) is 25.3 Å². The summed E-state index contributed by atoms with van der Waals surface area (Å²) in [4.78, 5) is 11.4. The molecule has 1 aliphatic heterocycles. The summed E-state index contributed by atoms with van der Waals surface area (Å²) in [6, 6.07) is 16.5. The lowest BCUT2D eigenvalue weighted by Gasteiger charge is -2.21. The van der Waals surface area contributed by atoms with Crippen LogP contribution in [0.5, 0.6) is 0 Å². The fraction of sp³-hybridized carbons (Fsp3) is 0.333. The van der Waals surface area contributed by atoms with Gasteiger partial charge in [0.15, 0.2) is 0 Å². The van der Waals surface area contributed by atoms with Gasteiger partial charge < -0.3 is 4.90 Å². The minimum absolute atomic E-state index is 0.0244. The molecular formula is C21H24N4O2S. The topological polar surface area (TPSA) is 75.2 Å². The highest BCUT2D eigenvalue weighted by atomic mass is 32.2. The Morgan fingerprint density at radius 1 is 1.04 bits per heavy atom. The van der Waals surface area contributed by atoms with E-state index < -0.39 is 10.0 Å². The van der Waals surface area contributed by atoms with Gasteiger partial charge in [0.05, 0.1) is 11.9 Å². The molecule has 1 fully saturated rings. The van der Waals surface area contributed by atoms with Gasteiger partial charge in [0.25, 0.3) is 0 Å². The molecule has 0 bridgehead atoms. The summed E-state index contributed by atoms with van der Waals surface area (Å²) in [5.74, 6) is 0.700. The van der Waals surface area contributed by atoms with Gasteiger partial charge in [-0.15, -0.1) is 0 Å². The number of benzene rings is 2. The van der Waals surface area contributed by atoms with Crippen LogP contribution in [0.3, 0.4) is 0 Å². The molecule has 7 heteroatoms. The van der Waals surface area contributed by atoms with E-state index in [1.807, 2.05) is 18.2 Å². The van der Waals surface area contributed by atoms with E-state index in [4.69, 9.17) is 4.98 Å². The predicted molar refractivity (Wildman–Crippen MR) is 113 cm³/mol. The minimum atomic E-state index is -3.18. The lowest BCUT2D eigenvalue weighted by molar-refractivity contribution is 0.523. The molecule has 0 spiro atoms. The fourth-order valence-electron chi connectivity index (χ4n) is 3.73. The van der Waals surface area contributed by atoms with Gasteiger partial charge >= 0.3 is 0 Å². The summed E-state index contributed by atoms with van der Waals surface area (Å²) in [6.45, 7) is 1.55. The zero-order valence-corrected chi connectivity index (χ0v) is 16.7. The lowest BCUT2D eigenvalue weighted by atomic mass is 10.1. The molecule has 1 saturated heterocycles. The van der Waals surface area contributed by atoms with E-state index in [9.17, 15) is 8.42 Å². The van der Waals surface area contributed by atoms with Crippen molar-refractivity contribution in [2.75, 3.05) is 24.2 Å². The second kappa shape index (κ2) is 7.85. The van der Waals surface area contributed by atoms with Gasteiger partial charge in [0.2, 0.25) is 16.0 Å². The molecule has 0 aliphatic carbocycles. The van der Waals surface area contributed by atoms with Crippen molar-refractivity contribution in [3.05, 3.63) is 54.7 Å². The van der Waals surface area contributed by atoms with Crippen LogP contribution in [0.4, 0.5) is 5.95 Å². The average molecular weight is 397 g/mol. The Hall–Kier alpha value is -2.51. The monoisotopic (exact) mass is 396 g/mol. The van der Waals surface area contributed by atoms with E-state index in [1.54, 1.807) is 6.20 Å². The van der Waals surface area contributed by atoms with Gasteiger partial charge in [-0.1, -0.05) is 36.4 Å². The third kappa shape index (κ3) is 4.48. The van der Waals surface area contributed by atoms with Gasteiger partial charge in [-0.3, -0.25) is 0 Å². The first-order chi connectivity index (χ1) is 13.5. The lowest BCUT2D eigenvalue weighted by Crippen LogP contribution is -2.35. The quantitative estimate of drug-likeness (QED) is 0.733. The van der Waals surface area contributed by atoms with E-state index in [0.717, 1.165) is 43.6 Å². The summed E-state index contributed by atoms with van der Waals surface area (Å²) in [6.07, 6.45) is 5.48. The van der Waals surface area contributed by atoms with Crippen LogP contribution in [0.1, 0.15) is 19.3 Å². The van der Waals surface area contributed by atoms with Gasteiger partial charge in [0.1, 0.15) is 0 Å². The number of aromatic nitrogens is 2. The number of hydrogen-bond donors (Lipinski definition) is 1. The minimum Gasteiger partial charge on any atom is -0.341 e. The van der Waals surface area contributed by atoms with Gasteiger partial charge in [0, 0.05) is 30.9 Å². The maximum atomic E-state index is 11.5. The van der Waals surface area contributed by atoms with Gasteiger partial charge in [-0.05, 0) is 42.2 Å². The molecule has 1 aliphatic rings. The summed E-state index contributed by atoms with van der Waals surface area (Å²) < 4.78 is 25.7. The summed E-state index contributed by atoms with van der Waals surface area (Å²) >= 11 is 0. The molecule has 28 heavy (non-hydrogen) atoms. The molecule has 0 saturated carbocycles. The SMILES string of the molecule is CS(=O)(=O)NC1CCCN(c2nccc(-c3ccc4ccccc4c3)n2)CC1. The molecule has 2 heterocycles. The van der Waals surface area contributed by atoms with Crippen LogP contribution in [0.15, 0.2) is 54.7 Å². The van der Waals surface area contributed by atoms with Crippen molar-refractivity contribution in [3.63, 3.8) is 0 Å². The second-order valence-electron chi connectivity index (χ2n) is 7.31. The van der Waals surface area contributed by atoms with Crippen molar-refractivity contribution in [1.82, 2.24) is 14.7 Å². The molecule has 0 amide bonds. The smallest absolute Gasteiger partial charge is 0.225 e. The van der Waals surface area contributed by atoms with E-state index in [0.29, 0.717) is 5.95 Å². The first-order valence-corrected chi connectivity index (χ1v) is 11.4. The molecule has 2 aromatic carbocycles. The molecule has 1 atom stereocenters. The second-order valence-corrected chi connectivity index (χ2v) is 9.09.